The lowest BCUT2D eigenvalue weighted by Gasteiger charge is -2.30. The molecule has 0 aliphatic carbocycles. The van der Waals surface area contributed by atoms with Crippen LogP contribution < -0.4 is 15.4 Å². The van der Waals surface area contributed by atoms with Crippen LogP contribution in [0.25, 0.3) is 0 Å². The highest BCUT2D eigenvalue weighted by atomic mass is 19.4. The Morgan fingerprint density at radius 3 is 2.31 bits per heavy atom. The molecule has 3 aromatic carbocycles. The lowest BCUT2D eigenvalue weighted by Crippen LogP contribution is -2.41. The zero-order valence-electron chi connectivity index (χ0n) is 25.6. The van der Waals surface area contributed by atoms with Gasteiger partial charge in [-0.3, -0.25) is 19.3 Å². The summed E-state index contributed by atoms with van der Waals surface area (Å²) in [5.41, 5.74) is 7.92. The second-order valence-corrected chi connectivity index (χ2v) is 10.9. The molecule has 1 unspecified atom stereocenters. The van der Waals surface area contributed by atoms with Crippen LogP contribution in [-0.2, 0) is 25.5 Å². The number of nitrogen functional groups attached to an aromatic ring is 1. The molecule has 0 bridgehead atoms. The van der Waals surface area contributed by atoms with Gasteiger partial charge in [-0.2, -0.15) is 13.2 Å². The van der Waals surface area contributed by atoms with Crippen LogP contribution in [0, 0.1) is 0 Å². The number of anilines is 3. The van der Waals surface area contributed by atoms with Crippen molar-refractivity contribution >= 4 is 40.9 Å². The molecule has 2 amide bonds. The number of unbranched alkanes of at least 4 members (excludes halogenated alkanes) is 1. The number of aromatic nitrogens is 1. The number of benzene rings is 3. The molecule has 0 saturated carbocycles. The van der Waals surface area contributed by atoms with Crippen LogP contribution in [0.3, 0.4) is 0 Å². The minimum absolute atomic E-state index is 0.155. The van der Waals surface area contributed by atoms with Gasteiger partial charge in [0.05, 0.1) is 30.3 Å². The number of alkyl halides is 3. The number of para-hydroxylation sites is 1. The van der Waals surface area contributed by atoms with Crippen molar-refractivity contribution in [2.45, 2.75) is 37.9 Å². The van der Waals surface area contributed by atoms with Gasteiger partial charge in [-0.05, 0) is 66.8 Å². The first kappa shape index (κ1) is 33.6. The third kappa shape index (κ3) is 7.97. The maximum absolute atomic E-state index is 14.4. The van der Waals surface area contributed by atoms with Gasteiger partial charge in [0, 0.05) is 11.9 Å². The van der Waals surface area contributed by atoms with Gasteiger partial charge in [0.2, 0.25) is 0 Å². The number of aryl methyl sites for hydroxylation is 1. The average molecular weight is 661 g/mol. The zero-order valence-corrected chi connectivity index (χ0v) is 25.6. The number of nitrogens with two attached hydrogens (primary N) is 1. The van der Waals surface area contributed by atoms with Crippen molar-refractivity contribution in [2.24, 2.45) is 0 Å². The van der Waals surface area contributed by atoms with Crippen molar-refractivity contribution in [2.75, 3.05) is 23.8 Å². The molecular weight excluding hydrogens is 629 g/mol. The van der Waals surface area contributed by atoms with Gasteiger partial charge in [0.25, 0.3) is 11.8 Å². The number of carbonyl (C=O) groups excluding carboxylic acids is 4. The van der Waals surface area contributed by atoms with Crippen molar-refractivity contribution in [1.29, 1.82) is 0 Å². The minimum atomic E-state index is -5.39. The van der Waals surface area contributed by atoms with E-state index < -0.39 is 48.9 Å². The van der Waals surface area contributed by atoms with Gasteiger partial charge in [-0.15, -0.1) is 0 Å². The van der Waals surface area contributed by atoms with Gasteiger partial charge in [-0.1, -0.05) is 54.6 Å². The quantitative estimate of drug-likeness (QED) is 0.119. The summed E-state index contributed by atoms with van der Waals surface area (Å²) < 4.78 is 48.4. The molecule has 0 radical (unpaired) electrons. The van der Waals surface area contributed by atoms with Crippen molar-refractivity contribution < 1.29 is 41.8 Å². The normalized spacial score (nSPS) is 13.8. The number of nitrogens with zero attached hydrogens (tertiary/aromatic N) is 3. The Morgan fingerprint density at radius 1 is 0.917 bits per heavy atom. The molecule has 13 heteroatoms. The van der Waals surface area contributed by atoms with Crippen LogP contribution in [0.2, 0.25) is 0 Å². The molecule has 0 spiro atoms. The van der Waals surface area contributed by atoms with Gasteiger partial charge in [-0.25, -0.2) is 9.78 Å². The molecule has 4 aromatic rings. The third-order valence-corrected chi connectivity index (χ3v) is 7.64. The van der Waals surface area contributed by atoms with E-state index >= 15 is 0 Å². The third-order valence-electron chi connectivity index (χ3n) is 7.64. The Kier molecular flexibility index (Phi) is 10.4. The van der Waals surface area contributed by atoms with E-state index in [0.717, 1.165) is 10.5 Å². The number of carbonyl (C=O) groups is 4. The summed E-state index contributed by atoms with van der Waals surface area (Å²) >= 11 is 0. The van der Waals surface area contributed by atoms with Crippen LogP contribution >= 0.6 is 0 Å². The Balaban J connectivity index is 1.44. The van der Waals surface area contributed by atoms with Crippen molar-refractivity contribution in [1.82, 2.24) is 9.88 Å². The predicted molar refractivity (Wildman–Crippen MR) is 169 cm³/mol. The summed E-state index contributed by atoms with van der Waals surface area (Å²) in [6.07, 6.45) is -2.74. The Bertz CT molecular complexity index is 1790. The van der Waals surface area contributed by atoms with E-state index in [9.17, 15) is 32.3 Å². The molecule has 1 atom stereocenters. The molecule has 248 valence electrons. The number of pyridine rings is 1. The molecule has 2 N–H and O–H groups in total. The van der Waals surface area contributed by atoms with E-state index in [1.54, 1.807) is 91.1 Å². The second-order valence-electron chi connectivity index (χ2n) is 10.9. The first-order valence-electron chi connectivity index (χ1n) is 15.0. The largest absolute Gasteiger partial charge is 0.491 e. The van der Waals surface area contributed by atoms with E-state index in [4.69, 9.17) is 10.5 Å². The molecule has 2 heterocycles. The van der Waals surface area contributed by atoms with E-state index in [1.807, 2.05) is 6.07 Å². The number of hydrogen-bond acceptors (Lipinski definition) is 8. The number of esters is 2. The highest BCUT2D eigenvalue weighted by Crippen LogP contribution is 2.37. The SMILES string of the molecule is Nc1ncccc1OCCCCc1ccc2c(c1)C(=O)N(C(CC(=O)OC(=O)C(F)(F)F)c1ccccc1)CC(=O)N2c1ccccc1. The summed E-state index contributed by atoms with van der Waals surface area (Å²) in [5.74, 6) is -4.54. The first-order chi connectivity index (χ1) is 23.0. The molecule has 0 fully saturated rings. The zero-order chi connectivity index (χ0) is 34.3. The number of hydrogen-bond donors (Lipinski definition) is 1. The standard InChI is InChI=1S/C35H31F3N4O6/c36-35(37,38)34(46)48-31(44)21-28(24-11-3-1-4-12-24)41-22-30(43)42(25-13-5-2-6-14-25)27-17-16-23(20-26(27)33(41)45)10-7-8-19-47-29-15-9-18-40-32(29)39/h1-6,9,11-18,20,28H,7-8,10,19,21-22H2,(H2,39,40). The summed E-state index contributed by atoms with van der Waals surface area (Å²) in [4.78, 5) is 58.9. The van der Waals surface area contributed by atoms with Crippen molar-refractivity contribution in [3.05, 3.63) is 114 Å². The van der Waals surface area contributed by atoms with Crippen LogP contribution in [0.15, 0.2) is 97.2 Å². The van der Waals surface area contributed by atoms with E-state index in [0.29, 0.717) is 48.6 Å². The van der Waals surface area contributed by atoms with Crippen LogP contribution in [0.1, 0.15) is 46.8 Å². The van der Waals surface area contributed by atoms with Gasteiger partial charge >= 0.3 is 18.1 Å². The highest BCUT2D eigenvalue weighted by Gasteiger charge is 2.43. The molecule has 0 saturated heterocycles. The molecule has 10 nitrogen and oxygen atoms in total. The van der Waals surface area contributed by atoms with Crippen LogP contribution in [-0.4, -0.2) is 53.0 Å². The number of rotatable bonds is 11. The average Bonchev–Trinajstić information content (AvgIpc) is 3.17. The Morgan fingerprint density at radius 2 is 1.62 bits per heavy atom. The second kappa shape index (κ2) is 14.8. The van der Waals surface area contributed by atoms with Gasteiger partial charge in [0.1, 0.15) is 6.54 Å². The fourth-order valence-electron chi connectivity index (χ4n) is 5.38. The van der Waals surface area contributed by atoms with E-state index in [-0.39, 0.29) is 11.4 Å². The molecule has 5 rings (SSSR count). The summed E-state index contributed by atoms with van der Waals surface area (Å²) in [6, 6.07) is 24.1. The summed E-state index contributed by atoms with van der Waals surface area (Å²) in [7, 11) is 0. The number of fused-ring (bicyclic) bond motifs is 1. The summed E-state index contributed by atoms with van der Waals surface area (Å²) in [5, 5.41) is 0. The number of amides is 2. The van der Waals surface area contributed by atoms with E-state index in [1.165, 1.54) is 4.90 Å². The van der Waals surface area contributed by atoms with Crippen molar-refractivity contribution in [3.63, 3.8) is 0 Å². The maximum Gasteiger partial charge on any atom is 0.491 e. The van der Waals surface area contributed by atoms with Gasteiger partial charge < -0.3 is 20.1 Å². The molecule has 1 aliphatic heterocycles. The molecular formula is C35H31F3N4O6. The first-order valence-corrected chi connectivity index (χ1v) is 15.0. The molecule has 1 aliphatic rings. The monoisotopic (exact) mass is 660 g/mol. The van der Waals surface area contributed by atoms with E-state index in [2.05, 4.69) is 9.72 Å². The topological polar surface area (TPSA) is 132 Å². The van der Waals surface area contributed by atoms with Crippen LogP contribution in [0.4, 0.5) is 30.4 Å². The van der Waals surface area contributed by atoms with Crippen LogP contribution in [0.5, 0.6) is 5.75 Å². The Labute approximate surface area is 273 Å². The smallest absolute Gasteiger partial charge is 0.490 e. The summed E-state index contributed by atoms with van der Waals surface area (Å²) in [6.45, 7) is -0.137. The minimum Gasteiger partial charge on any atom is -0.490 e. The molecule has 1 aromatic heterocycles. The number of ether oxygens (including phenoxy) is 2. The highest BCUT2D eigenvalue weighted by molar-refractivity contribution is 6.13. The lowest BCUT2D eigenvalue weighted by atomic mass is 9.99. The fourth-order valence-corrected chi connectivity index (χ4v) is 5.38. The van der Waals surface area contributed by atoms with Gasteiger partial charge in [0.15, 0.2) is 11.6 Å². The fraction of sp³-hybridized carbons (Fsp3) is 0.229. The number of halogens is 3. The molecule has 48 heavy (non-hydrogen) atoms. The Hall–Kier alpha value is -5.72. The lowest BCUT2D eigenvalue weighted by molar-refractivity contribution is -0.202. The predicted octanol–water partition coefficient (Wildman–Crippen LogP) is 5.95. The van der Waals surface area contributed by atoms with Crippen molar-refractivity contribution in [3.8, 4) is 5.75 Å². The maximum atomic E-state index is 14.4.